The Morgan fingerprint density at radius 3 is 2.19 bits per heavy atom. The van der Waals surface area contributed by atoms with Gasteiger partial charge in [-0.3, -0.25) is 14.5 Å². The number of anilines is 2. The molecule has 0 N–H and O–H groups in total. The summed E-state index contributed by atoms with van der Waals surface area (Å²) in [7, 11) is 0. The van der Waals surface area contributed by atoms with Crippen molar-refractivity contribution in [3.05, 3.63) is 58.6 Å². The highest BCUT2D eigenvalue weighted by atomic mass is 35.5. The predicted octanol–water partition coefficient (Wildman–Crippen LogP) is 3.45. The number of benzene rings is 2. The lowest BCUT2D eigenvalue weighted by Crippen LogP contribution is -2.52. The molecule has 0 bridgehead atoms. The Bertz CT molecular complexity index is 864. The lowest BCUT2D eigenvalue weighted by Gasteiger charge is -2.38. The van der Waals surface area contributed by atoms with E-state index in [0.717, 1.165) is 23.8 Å². The average Bonchev–Trinajstić information content (AvgIpc) is 2.97. The summed E-state index contributed by atoms with van der Waals surface area (Å²) >= 11 is 12.2. The van der Waals surface area contributed by atoms with E-state index >= 15 is 0 Å². The van der Waals surface area contributed by atoms with E-state index in [2.05, 4.69) is 9.80 Å². The van der Waals surface area contributed by atoms with Gasteiger partial charge < -0.3 is 4.90 Å². The summed E-state index contributed by atoms with van der Waals surface area (Å²) in [4.78, 5) is 31.0. The summed E-state index contributed by atoms with van der Waals surface area (Å²) < 4.78 is 0. The van der Waals surface area contributed by atoms with Crippen molar-refractivity contribution in [3.8, 4) is 0 Å². The van der Waals surface area contributed by atoms with Crippen molar-refractivity contribution in [3.63, 3.8) is 0 Å². The Morgan fingerprint density at radius 1 is 0.852 bits per heavy atom. The maximum atomic E-state index is 12.9. The minimum atomic E-state index is -0.401. The minimum Gasteiger partial charge on any atom is -0.368 e. The van der Waals surface area contributed by atoms with Gasteiger partial charge in [-0.25, -0.2) is 4.90 Å². The second-order valence-corrected chi connectivity index (χ2v) is 7.58. The number of hydrogen-bond acceptors (Lipinski definition) is 4. The smallest absolute Gasteiger partial charge is 0.251 e. The van der Waals surface area contributed by atoms with E-state index in [1.54, 1.807) is 24.3 Å². The van der Waals surface area contributed by atoms with Crippen molar-refractivity contribution in [2.75, 3.05) is 36.0 Å². The molecule has 2 aromatic rings. The highest BCUT2D eigenvalue weighted by molar-refractivity contribution is 6.33. The summed E-state index contributed by atoms with van der Waals surface area (Å²) in [5.74, 6) is -0.325. The fourth-order valence-corrected chi connectivity index (χ4v) is 4.13. The SMILES string of the molecule is O=C1C[C@H](N2CCN(c3ccccc3Cl)CC2)C(=O)N1c1ccc(Cl)cc1. The van der Waals surface area contributed by atoms with Crippen LogP contribution in [0.25, 0.3) is 0 Å². The van der Waals surface area contributed by atoms with Crippen LogP contribution in [0, 0.1) is 0 Å². The number of nitrogens with zero attached hydrogens (tertiary/aromatic N) is 3. The zero-order valence-electron chi connectivity index (χ0n) is 14.6. The Labute approximate surface area is 168 Å². The van der Waals surface area contributed by atoms with Crippen LogP contribution >= 0.6 is 23.2 Å². The first-order valence-corrected chi connectivity index (χ1v) is 9.66. The van der Waals surface area contributed by atoms with Crippen LogP contribution in [-0.4, -0.2) is 48.9 Å². The fourth-order valence-electron chi connectivity index (χ4n) is 3.75. The van der Waals surface area contributed by atoms with Gasteiger partial charge in [0, 0.05) is 31.2 Å². The summed E-state index contributed by atoms with van der Waals surface area (Å²) in [6.07, 6.45) is 0.216. The van der Waals surface area contributed by atoms with Crippen LogP contribution in [0.2, 0.25) is 10.0 Å². The standard InChI is InChI=1S/C20H19Cl2N3O2/c21-14-5-7-15(8-6-14)25-19(26)13-18(20(25)27)24-11-9-23(10-12-24)17-4-2-1-3-16(17)22/h1-8,18H,9-13H2/t18-/m0/s1. The first-order chi connectivity index (χ1) is 13.0. The van der Waals surface area contributed by atoms with Gasteiger partial charge >= 0.3 is 0 Å². The van der Waals surface area contributed by atoms with E-state index in [4.69, 9.17) is 23.2 Å². The van der Waals surface area contributed by atoms with E-state index in [9.17, 15) is 9.59 Å². The van der Waals surface area contributed by atoms with Gasteiger partial charge in [0.1, 0.15) is 0 Å². The Morgan fingerprint density at radius 2 is 1.52 bits per heavy atom. The monoisotopic (exact) mass is 403 g/mol. The van der Waals surface area contributed by atoms with Gasteiger partial charge in [-0.15, -0.1) is 0 Å². The van der Waals surface area contributed by atoms with Crippen molar-refractivity contribution in [1.82, 2.24) is 4.90 Å². The van der Waals surface area contributed by atoms with Crippen molar-refractivity contribution in [2.45, 2.75) is 12.5 Å². The molecule has 2 aromatic carbocycles. The fraction of sp³-hybridized carbons (Fsp3) is 0.300. The number of halogens is 2. The molecule has 0 radical (unpaired) electrons. The first kappa shape index (κ1) is 18.3. The second kappa shape index (κ2) is 7.50. The van der Waals surface area contributed by atoms with E-state index in [-0.39, 0.29) is 18.2 Å². The molecule has 27 heavy (non-hydrogen) atoms. The van der Waals surface area contributed by atoms with Crippen LogP contribution in [-0.2, 0) is 9.59 Å². The summed E-state index contributed by atoms with van der Waals surface area (Å²) in [5.41, 5.74) is 1.59. The lowest BCUT2D eigenvalue weighted by atomic mass is 10.1. The molecule has 2 aliphatic rings. The van der Waals surface area contributed by atoms with Crippen molar-refractivity contribution < 1.29 is 9.59 Å². The third kappa shape index (κ3) is 3.55. The number of amides is 2. The van der Waals surface area contributed by atoms with Crippen molar-refractivity contribution >= 4 is 46.4 Å². The molecular formula is C20H19Cl2N3O2. The van der Waals surface area contributed by atoms with Crippen LogP contribution in [0.5, 0.6) is 0 Å². The average molecular weight is 404 g/mol. The summed E-state index contributed by atoms with van der Waals surface area (Å²) in [5, 5.41) is 1.30. The van der Waals surface area contributed by atoms with Gasteiger partial charge in [0.15, 0.2) is 0 Å². The van der Waals surface area contributed by atoms with E-state index in [0.29, 0.717) is 23.8 Å². The zero-order valence-corrected chi connectivity index (χ0v) is 16.2. The van der Waals surface area contributed by atoms with E-state index < -0.39 is 6.04 Å². The van der Waals surface area contributed by atoms with Gasteiger partial charge in [0.25, 0.3) is 5.91 Å². The topological polar surface area (TPSA) is 43.9 Å². The molecule has 0 saturated carbocycles. The van der Waals surface area contributed by atoms with E-state index in [1.165, 1.54) is 4.90 Å². The molecule has 140 valence electrons. The third-order valence-corrected chi connectivity index (χ3v) is 5.73. The normalized spacial score (nSPS) is 21.2. The second-order valence-electron chi connectivity index (χ2n) is 6.74. The number of rotatable bonds is 3. The molecule has 2 aliphatic heterocycles. The van der Waals surface area contributed by atoms with E-state index in [1.807, 2.05) is 24.3 Å². The van der Waals surface area contributed by atoms with Gasteiger partial charge in [0.05, 0.1) is 28.9 Å². The number of carbonyl (C=O) groups is 2. The molecule has 0 unspecified atom stereocenters. The molecule has 4 rings (SSSR count). The van der Waals surface area contributed by atoms with Crippen LogP contribution in [0.1, 0.15) is 6.42 Å². The lowest BCUT2D eigenvalue weighted by molar-refractivity contribution is -0.123. The Hall–Kier alpha value is -2.08. The molecule has 0 aliphatic carbocycles. The molecule has 0 aromatic heterocycles. The third-order valence-electron chi connectivity index (χ3n) is 5.16. The molecule has 2 saturated heterocycles. The molecule has 5 nitrogen and oxygen atoms in total. The van der Waals surface area contributed by atoms with Crippen LogP contribution in [0.3, 0.4) is 0 Å². The molecule has 7 heteroatoms. The van der Waals surface area contributed by atoms with Crippen molar-refractivity contribution in [1.29, 1.82) is 0 Å². The zero-order chi connectivity index (χ0) is 19.0. The van der Waals surface area contributed by atoms with Crippen LogP contribution < -0.4 is 9.80 Å². The maximum absolute atomic E-state index is 12.9. The molecule has 1 atom stereocenters. The highest BCUT2D eigenvalue weighted by Crippen LogP contribution is 2.29. The molecular weight excluding hydrogens is 385 g/mol. The minimum absolute atomic E-state index is 0.159. The van der Waals surface area contributed by atoms with Crippen LogP contribution in [0.15, 0.2) is 48.5 Å². The molecule has 2 amide bonds. The Kier molecular flexibility index (Phi) is 5.08. The predicted molar refractivity (Wildman–Crippen MR) is 108 cm³/mol. The summed E-state index contributed by atoms with van der Waals surface area (Å²) in [6, 6.07) is 14.2. The highest BCUT2D eigenvalue weighted by Gasteiger charge is 2.43. The van der Waals surface area contributed by atoms with Gasteiger partial charge in [-0.05, 0) is 36.4 Å². The maximum Gasteiger partial charge on any atom is 0.251 e. The van der Waals surface area contributed by atoms with Gasteiger partial charge in [-0.2, -0.15) is 0 Å². The summed E-state index contributed by atoms with van der Waals surface area (Å²) in [6.45, 7) is 2.96. The number of carbonyl (C=O) groups excluding carboxylic acids is 2. The number of imide groups is 1. The number of hydrogen-bond donors (Lipinski definition) is 0. The molecule has 0 spiro atoms. The first-order valence-electron chi connectivity index (χ1n) is 8.90. The van der Waals surface area contributed by atoms with Crippen LogP contribution in [0.4, 0.5) is 11.4 Å². The largest absolute Gasteiger partial charge is 0.368 e. The quantitative estimate of drug-likeness (QED) is 0.736. The molecule has 2 fully saturated rings. The van der Waals surface area contributed by atoms with Crippen molar-refractivity contribution in [2.24, 2.45) is 0 Å². The molecule has 2 heterocycles. The van der Waals surface area contributed by atoms with Gasteiger partial charge in [-0.1, -0.05) is 35.3 Å². The number of piperazine rings is 1. The number of para-hydroxylation sites is 1. The Balaban J connectivity index is 1.44. The van der Waals surface area contributed by atoms with Gasteiger partial charge in [0.2, 0.25) is 5.91 Å².